The summed E-state index contributed by atoms with van der Waals surface area (Å²) in [7, 11) is -3.69. The van der Waals surface area contributed by atoms with E-state index in [2.05, 4.69) is 27.3 Å². The van der Waals surface area contributed by atoms with Crippen LogP contribution in [0, 0.1) is 3.57 Å². The summed E-state index contributed by atoms with van der Waals surface area (Å²) >= 11 is 2.10. The molecule has 0 spiro atoms. The molecule has 0 fully saturated rings. The Morgan fingerprint density at radius 1 is 1.18 bits per heavy atom. The topological polar surface area (TPSA) is 72.5 Å². The Kier molecular flexibility index (Phi) is 5.41. The fourth-order valence-corrected chi connectivity index (χ4v) is 3.34. The Morgan fingerprint density at radius 2 is 1.86 bits per heavy atom. The normalized spacial score (nSPS) is 11.0. The van der Waals surface area contributed by atoms with E-state index in [0.717, 1.165) is 3.57 Å². The van der Waals surface area contributed by atoms with Crippen molar-refractivity contribution in [1.82, 2.24) is 0 Å². The molecule has 2 aromatic rings. The summed E-state index contributed by atoms with van der Waals surface area (Å²) in [5.41, 5.74) is 0.802. The van der Waals surface area contributed by atoms with Crippen LogP contribution in [0.5, 0.6) is 0 Å². The third kappa shape index (κ3) is 4.20. The average Bonchev–Trinajstić information content (AvgIpc) is 2.47. The molecule has 0 heterocycles. The average molecular weight is 431 g/mol. The number of carbonyl (C=O) groups is 1. The van der Waals surface area contributed by atoms with Crippen LogP contribution in [0.2, 0.25) is 0 Å². The van der Waals surface area contributed by atoms with Crippen molar-refractivity contribution in [2.45, 2.75) is 11.8 Å². The highest BCUT2D eigenvalue weighted by atomic mass is 127. The summed E-state index contributed by atoms with van der Waals surface area (Å²) in [5.74, 6) is -0.475. The maximum atomic E-state index is 12.3. The minimum atomic E-state index is -3.69. The Bertz CT molecular complexity index is 772. The number of nitrogens with one attached hydrogen (secondary N) is 1. The van der Waals surface area contributed by atoms with Crippen molar-refractivity contribution < 1.29 is 17.9 Å². The SMILES string of the molecule is CCOC(=O)c1ccc(S(=O)(=O)Nc2cccc(I)c2)cc1. The van der Waals surface area contributed by atoms with E-state index in [1.54, 1.807) is 25.1 Å². The molecule has 7 heteroatoms. The summed E-state index contributed by atoms with van der Waals surface area (Å²) in [6.45, 7) is 1.98. The van der Waals surface area contributed by atoms with Crippen LogP contribution in [-0.4, -0.2) is 21.0 Å². The number of halogens is 1. The lowest BCUT2D eigenvalue weighted by molar-refractivity contribution is 0.0526. The first-order valence-electron chi connectivity index (χ1n) is 6.48. The molecule has 116 valence electrons. The quantitative estimate of drug-likeness (QED) is 0.583. The molecule has 1 N–H and O–H groups in total. The van der Waals surface area contributed by atoms with E-state index in [0.29, 0.717) is 11.3 Å². The van der Waals surface area contributed by atoms with Crippen LogP contribution in [-0.2, 0) is 14.8 Å². The molecule has 2 rings (SSSR count). The number of rotatable bonds is 5. The molecule has 0 aliphatic carbocycles. The fourth-order valence-electron chi connectivity index (χ4n) is 1.75. The van der Waals surface area contributed by atoms with Gasteiger partial charge in [0, 0.05) is 9.26 Å². The molecule has 0 unspecified atom stereocenters. The second-order valence-corrected chi connectivity index (χ2v) is 7.29. The predicted octanol–water partition coefficient (Wildman–Crippen LogP) is 3.27. The highest BCUT2D eigenvalue weighted by molar-refractivity contribution is 14.1. The smallest absolute Gasteiger partial charge is 0.338 e. The Morgan fingerprint density at radius 3 is 2.45 bits per heavy atom. The van der Waals surface area contributed by atoms with Gasteiger partial charge in [-0.25, -0.2) is 13.2 Å². The molecular formula is C15H14INO4S. The lowest BCUT2D eigenvalue weighted by Crippen LogP contribution is -2.13. The number of benzene rings is 2. The van der Waals surface area contributed by atoms with Crippen molar-refractivity contribution in [2.75, 3.05) is 11.3 Å². The maximum absolute atomic E-state index is 12.3. The van der Waals surface area contributed by atoms with Gasteiger partial charge >= 0.3 is 5.97 Å². The van der Waals surface area contributed by atoms with Gasteiger partial charge in [-0.2, -0.15) is 0 Å². The van der Waals surface area contributed by atoms with Crippen LogP contribution in [0.4, 0.5) is 5.69 Å². The van der Waals surface area contributed by atoms with Crippen molar-refractivity contribution in [3.63, 3.8) is 0 Å². The van der Waals surface area contributed by atoms with Crippen LogP contribution in [0.1, 0.15) is 17.3 Å². The number of sulfonamides is 1. The van der Waals surface area contributed by atoms with Gasteiger partial charge in [-0.05, 0) is 72.0 Å². The molecule has 5 nitrogen and oxygen atoms in total. The molecule has 0 aliphatic rings. The standard InChI is InChI=1S/C15H14INO4S/c1-2-21-15(18)11-6-8-14(9-7-11)22(19,20)17-13-5-3-4-12(16)10-13/h3-10,17H,2H2,1H3. The third-order valence-corrected chi connectivity index (χ3v) is 4.82. The van der Waals surface area contributed by atoms with E-state index in [4.69, 9.17) is 4.74 Å². The zero-order valence-electron chi connectivity index (χ0n) is 11.7. The summed E-state index contributed by atoms with van der Waals surface area (Å²) in [6, 6.07) is 12.7. The van der Waals surface area contributed by atoms with E-state index in [1.807, 2.05) is 6.07 Å². The lowest BCUT2D eigenvalue weighted by Gasteiger charge is -2.09. The zero-order chi connectivity index (χ0) is 16.2. The van der Waals surface area contributed by atoms with Gasteiger partial charge < -0.3 is 4.74 Å². The highest BCUT2D eigenvalue weighted by Crippen LogP contribution is 2.18. The summed E-state index contributed by atoms with van der Waals surface area (Å²) < 4.78 is 32.9. The molecule has 2 aromatic carbocycles. The van der Waals surface area contributed by atoms with Crippen molar-refractivity contribution >= 4 is 44.3 Å². The van der Waals surface area contributed by atoms with Crippen molar-refractivity contribution in [2.24, 2.45) is 0 Å². The van der Waals surface area contributed by atoms with Gasteiger partial charge in [0.05, 0.1) is 17.1 Å². The van der Waals surface area contributed by atoms with Crippen molar-refractivity contribution in [3.05, 3.63) is 57.7 Å². The summed E-state index contributed by atoms with van der Waals surface area (Å²) in [4.78, 5) is 11.6. The molecule has 0 amide bonds. The summed E-state index contributed by atoms with van der Waals surface area (Å²) in [6.07, 6.45) is 0. The highest BCUT2D eigenvalue weighted by Gasteiger charge is 2.15. The van der Waals surface area contributed by atoms with Gasteiger partial charge in [-0.3, -0.25) is 4.72 Å². The lowest BCUT2D eigenvalue weighted by atomic mass is 10.2. The van der Waals surface area contributed by atoms with Crippen LogP contribution in [0.15, 0.2) is 53.4 Å². The Balaban J connectivity index is 2.21. The van der Waals surface area contributed by atoms with Crippen LogP contribution in [0.25, 0.3) is 0 Å². The Labute approximate surface area is 142 Å². The monoisotopic (exact) mass is 431 g/mol. The number of ether oxygens (including phenoxy) is 1. The first-order valence-corrected chi connectivity index (χ1v) is 9.04. The number of anilines is 1. The molecule has 0 radical (unpaired) electrons. The first kappa shape index (κ1) is 16.8. The molecule has 0 aliphatic heterocycles. The van der Waals surface area contributed by atoms with Crippen LogP contribution >= 0.6 is 22.6 Å². The van der Waals surface area contributed by atoms with E-state index < -0.39 is 16.0 Å². The van der Waals surface area contributed by atoms with Gasteiger partial charge in [0.1, 0.15) is 0 Å². The zero-order valence-corrected chi connectivity index (χ0v) is 14.7. The molecule has 0 bridgehead atoms. The van der Waals surface area contributed by atoms with Gasteiger partial charge in [-0.1, -0.05) is 6.07 Å². The maximum Gasteiger partial charge on any atom is 0.338 e. The number of hydrogen-bond donors (Lipinski definition) is 1. The van der Waals surface area contributed by atoms with Gasteiger partial charge in [0.25, 0.3) is 10.0 Å². The minimum Gasteiger partial charge on any atom is -0.462 e. The van der Waals surface area contributed by atoms with Crippen LogP contribution < -0.4 is 4.72 Å². The van der Waals surface area contributed by atoms with Gasteiger partial charge in [-0.15, -0.1) is 0 Å². The molecule has 0 aromatic heterocycles. The molecular weight excluding hydrogens is 417 g/mol. The fraction of sp³-hybridized carbons (Fsp3) is 0.133. The second-order valence-electron chi connectivity index (χ2n) is 4.36. The molecule has 22 heavy (non-hydrogen) atoms. The predicted molar refractivity (Wildman–Crippen MR) is 92.4 cm³/mol. The van der Waals surface area contributed by atoms with E-state index in [1.165, 1.54) is 24.3 Å². The third-order valence-electron chi connectivity index (χ3n) is 2.75. The minimum absolute atomic E-state index is 0.0828. The first-order chi connectivity index (χ1) is 10.4. The van der Waals surface area contributed by atoms with E-state index in [-0.39, 0.29) is 11.5 Å². The number of carbonyl (C=O) groups excluding carboxylic acids is 1. The number of esters is 1. The van der Waals surface area contributed by atoms with E-state index in [9.17, 15) is 13.2 Å². The Hall–Kier alpha value is -1.61. The van der Waals surface area contributed by atoms with Crippen LogP contribution in [0.3, 0.4) is 0 Å². The van der Waals surface area contributed by atoms with E-state index >= 15 is 0 Å². The number of hydrogen-bond acceptors (Lipinski definition) is 4. The molecule has 0 saturated carbocycles. The molecule has 0 atom stereocenters. The summed E-state index contributed by atoms with van der Waals surface area (Å²) in [5, 5.41) is 0. The van der Waals surface area contributed by atoms with Crippen molar-refractivity contribution in [1.29, 1.82) is 0 Å². The van der Waals surface area contributed by atoms with Crippen molar-refractivity contribution in [3.8, 4) is 0 Å². The largest absolute Gasteiger partial charge is 0.462 e. The van der Waals surface area contributed by atoms with Gasteiger partial charge in [0.2, 0.25) is 0 Å². The molecule has 0 saturated heterocycles. The second kappa shape index (κ2) is 7.10. The van der Waals surface area contributed by atoms with Gasteiger partial charge in [0.15, 0.2) is 0 Å².